The largest absolute Gasteiger partial charge is 0.463 e. The molecule has 154 valence electrons. The molecule has 6 nitrogen and oxygen atoms in total. The van der Waals surface area contributed by atoms with Crippen molar-refractivity contribution >= 4 is 17.9 Å². The fraction of sp³-hybridized carbons (Fsp3) is 0.348. The molecule has 0 aliphatic rings. The lowest BCUT2D eigenvalue weighted by atomic mass is 9.95. The lowest BCUT2D eigenvalue weighted by molar-refractivity contribution is -0.168. The minimum absolute atomic E-state index is 0.0508. The first-order valence-corrected chi connectivity index (χ1v) is 9.55. The topological polar surface area (TPSA) is 78.9 Å². The van der Waals surface area contributed by atoms with E-state index in [9.17, 15) is 14.4 Å². The SMILES string of the molecule is CCOC(=O)C(OC(=O)c1cc(C)c(C)cc1Cc1ccccc1)C(=O)OCC. The second-order valence-corrected chi connectivity index (χ2v) is 6.55. The number of esters is 3. The minimum atomic E-state index is -1.76. The highest BCUT2D eigenvalue weighted by Crippen LogP contribution is 2.21. The van der Waals surface area contributed by atoms with Gasteiger partial charge in [0, 0.05) is 0 Å². The molecular formula is C23H26O6. The van der Waals surface area contributed by atoms with Gasteiger partial charge in [-0.05, 0) is 62.4 Å². The van der Waals surface area contributed by atoms with Crippen LogP contribution >= 0.6 is 0 Å². The number of aryl methyl sites for hydroxylation is 2. The van der Waals surface area contributed by atoms with Crippen LogP contribution in [0.25, 0.3) is 0 Å². The third-order valence-corrected chi connectivity index (χ3v) is 4.40. The molecular weight excluding hydrogens is 372 g/mol. The molecule has 0 N–H and O–H groups in total. The van der Waals surface area contributed by atoms with Crippen LogP contribution in [0.5, 0.6) is 0 Å². The van der Waals surface area contributed by atoms with Gasteiger partial charge in [0.05, 0.1) is 18.8 Å². The van der Waals surface area contributed by atoms with Crippen LogP contribution in [-0.4, -0.2) is 37.2 Å². The van der Waals surface area contributed by atoms with Gasteiger partial charge in [-0.2, -0.15) is 0 Å². The number of rotatable bonds is 8. The smallest absolute Gasteiger partial charge is 0.359 e. The molecule has 6 heteroatoms. The van der Waals surface area contributed by atoms with Gasteiger partial charge < -0.3 is 14.2 Å². The Morgan fingerprint density at radius 2 is 1.41 bits per heavy atom. The first-order chi connectivity index (χ1) is 13.9. The van der Waals surface area contributed by atoms with E-state index in [2.05, 4.69) is 0 Å². The zero-order valence-electron chi connectivity index (χ0n) is 17.2. The highest BCUT2D eigenvalue weighted by atomic mass is 16.6. The van der Waals surface area contributed by atoms with E-state index in [0.717, 1.165) is 22.3 Å². The Hall–Kier alpha value is -3.15. The van der Waals surface area contributed by atoms with Gasteiger partial charge in [-0.25, -0.2) is 14.4 Å². The monoisotopic (exact) mass is 398 g/mol. The van der Waals surface area contributed by atoms with Gasteiger partial charge >= 0.3 is 17.9 Å². The summed E-state index contributed by atoms with van der Waals surface area (Å²) in [5.41, 5.74) is 4.00. The number of hydrogen-bond acceptors (Lipinski definition) is 6. The molecule has 0 bridgehead atoms. The number of hydrogen-bond donors (Lipinski definition) is 0. The molecule has 2 aromatic rings. The number of benzene rings is 2. The number of carbonyl (C=O) groups is 3. The quantitative estimate of drug-likeness (QED) is 0.384. The molecule has 0 saturated heterocycles. The van der Waals surface area contributed by atoms with Gasteiger partial charge in [-0.15, -0.1) is 0 Å². The average molecular weight is 398 g/mol. The van der Waals surface area contributed by atoms with E-state index in [1.165, 1.54) is 0 Å². The van der Waals surface area contributed by atoms with E-state index in [4.69, 9.17) is 14.2 Å². The maximum Gasteiger partial charge on any atom is 0.359 e. The maximum absolute atomic E-state index is 12.9. The van der Waals surface area contributed by atoms with Crippen molar-refractivity contribution in [3.8, 4) is 0 Å². The minimum Gasteiger partial charge on any atom is -0.463 e. The Balaban J connectivity index is 2.35. The van der Waals surface area contributed by atoms with E-state index in [-0.39, 0.29) is 13.2 Å². The summed E-state index contributed by atoms with van der Waals surface area (Å²) in [5, 5.41) is 0. The Labute approximate surface area is 170 Å². The second-order valence-electron chi connectivity index (χ2n) is 6.55. The fourth-order valence-corrected chi connectivity index (χ4v) is 2.83. The van der Waals surface area contributed by atoms with E-state index in [1.807, 2.05) is 50.2 Å². The molecule has 29 heavy (non-hydrogen) atoms. The van der Waals surface area contributed by atoms with Gasteiger partial charge in [0.15, 0.2) is 0 Å². The summed E-state index contributed by atoms with van der Waals surface area (Å²) < 4.78 is 15.0. The molecule has 0 aliphatic heterocycles. The van der Waals surface area contributed by atoms with E-state index >= 15 is 0 Å². The lowest BCUT2D eigenvalue weighted by Crippen LogP contribution is -2.38. The predicted molar refractivity (Wildman–Crippen MR) is 108 cm³/mol. The molecule has 0 fully saturated rings. The number of ether oxygens (including phenoxy) is 3. The van der Waals surface area contributed by atoms with Crippen LogP contribution in [-0.2, 0) is 30.2 Å². The molecule has 0 amide bonds. The van der Waals surface area contributed by atoms with Crippen molar-refractivity contribution in [1.82, 2.24) is 0 Å². The molecule has 0 spiro atoms. The third kappa shape index (κ3) is 5.91. The predicted octanol–water partition coefficient (Wildman–Crippen LogP) is 3.55. The normalized spacial score (nSPS) is 10.5. The van der Waals surface area contributed by atoms with Crippen LogP contribution in [0, 0.1) is 13.8 Å². The number of carbonyl (C=O) groups excluding carboxylic acids is 3. The van der Waals surface area contributed by atoms with Crippen LogP contribution in [0.1, 0.15) is 46.5 Å². The van der Waals surface area contributed by atoms with Crippen molar-refractivity contribution < 1.29 is 28.6 Å². The summed E-state index contributed by atoms with van der Waals surface area (Å²) >= 11 is 0. The first-order valence-electron chi connectivity index (χ1n) is 9.55. The first kappa shape index (κ1) is 22.1. The molecule has 0 saturated carbocycles. The van der Waals surface area contributed by atoms with Crippen molar-refractivity contribution in [3.05, 3.63) is 70.3 Å². The van der Waals surface area contributed by atoms with E-state index < -0.39 is 24.0 Å². The summed E-state index contributed by atoms with van der Waals surface area (Å²) in [6.07, 6.45) is -1.25. The summed E-state index contributed by atoms with van der Waals surface area (Å²) in [6, 6.07) is 13.3. The second kappa shape index (κ2) is 10.4. The maximum atomic E-state index is 12.9. The molecule has 0 radical (unpaired) electrons. The zero-order chi connectivity index (χ0) is 21.4. The Bertz CT molecular complexity index is 854. The molecule has 2 aromatic carbocycles. The molecule has 0 unspecified atom stereocenters. The standard InChI is InChI=1S/C23H26O6/c1-5-27-22(25)20(23(26)28-6-2)29-21(24)19-13-16(4)15(3)12-18(19)14-17-10-8-7-9-11-17/h7-13,20H,5-6,14H2,1-4H3. The van der Waals surface area contributed by atoms with Gasteiger partial charge in [-0.1, -0.05) is 36.4 Å². The fourth-order valence-electron chi connectivity index (χ4n) is 2.83. The van der Waals surface area contributed by atoms with Crippen LogP contribution < -0.4 is 0 Å². The Morgan fingerprint density at radius 3 is 1.97 bits per heavy atom. The third-order valence-electron chi connectivity index (χ3n) is 4.40. The summed E-state index contributed by atoms with van der Waals surface area (Å²) in [6.45, 7) is 7.14. The van der Waals surface area contributed by atoms with Crippen molar-refractivity contribution in [2.75, 3.05) is 13.2 Å². The summed E-state index contributed by atoms with van der Waals surface area (Å²) in [4.78, 5) is 37.2. The van der Waals surface area contributed by atoms with Gasteiger partial charge in [0.1, 0.15) is 0 Å². The van der Waals surface area contributed by atoms with Crippen molar-refractivity contribution in [3.63, 3.8) is 0 Å². The average Bonchev–Trinajstić information content (AvgIpc) is 2.69. The van der Waals surface area contributed by atoms with Crippen LogP contribution in [0.3, 0.4) is 0 Å². The lowest BCUT2D eigenvalue weighted by Gasteiger charge is -2.17. The molecule has 2 rings (SSSR count). The van der Waals surface area contributed by atoms with Gasteiger partial charge in [0.25, 0.3) is 6.10 Å². The van der Waals surface area contributed by atoms with Crippen LogP contribution in [0.2, 0.25) is 0 Å². The highest BCUT2D eigenvalue weighted by Gasteiger charge is 2.34. The van der Waals surface area contributed by atoms with Crippen molar-refractivity contribution in [2.24, 2.45) is 0 Å². The van der Waals surface area contributed by atoms with Crippen LogP contribution in [0.4, 0.5) is 0 Å². The Morgan fingerprint density at radius 1 is 0.862 bits per heavy atom. The summed E-state index contributed by atoms with van der Waals surface area (Å²) in [5.74, 6) is -2.68. The van der Waals surface area contributed by atoms with E-state index in [0.29, 0.717) is 12.0 Å². The van der Waals surface area contributed by atoms with E-state index in [1.54, 1.807) is 19.9 Å². The van der Waals surface area contributed by atoms with Crippen molar-refractivity contribution in [1.29, 1.82) is 0 Å². The molecule has 0 atom stereocenters. The molecule has 0 aromatic heterocycles. The molecule has 0 aliphatic carbocycles. The van der Waals surface area contributed by atoms with Crippen LogP contribution in [0.15, 0.2) is 42.5 Å². The highest BCUT2D eigenvalue weighted by molar-refractivity contribution is 6.02. The summed E-state index contributed by atoms with van der Waals surface area (Å²) in [7, 11) is 0. The zero-order valence-corrected chi connectivity index (χ0v) is 17.2. The van der Waals surface area contributed by atoms with Gasteiger partial charge in [-0.3, -0.25) is 0 Å². The van der Waals surface area contributed by atoms with Gasteiger partial charge in [0.2, 0.25) is 0 Å². The Kier molecular flexibility index (Phi) is 7.95. The molecule has 0 heterocycles. The van der Waals surface area contributed by atoms with Crippen molar-refractivity contribution in [2.45, 2.75) is 40.2 Å².